The van der Waals surface area contributed by atoms with Crippen molar-refractivity contribution in [2.75, 3.05) is 0 Å². The number of carbonyl (C=O) groups is 1. The molecule has 0 amide bonds. The summed E-state index contributed by atoms with van der Waals surface area (Å²) >= 11 is 0. The number of imidazole rings is 1. The van der Waals surface area contributed by atoms with E-state index in [1.54, 1.807) is 0 Å². The van der Waals surface area contributed by atoms with Crippen LogP contribution in [0.25, 0.3) is 0 Å². The van der Waals surface area contributed by atoms with Crippen molar-refractivity contribution in [1.82, 2.24) is 4.57 Å². The van der Waals surface area contributed by atoms with Crippen molar-refractivity contribution in [3.8, 4) is 0 Å². The summed E-state index contributed by atoms with van der Waals surface area (Å²) in [6.07, 6.45) is 22.6. The molecule has 5 fully saturated rings. The summed E-state index contributed by atoms with van der Waals surface area (Å²) in [6, 6.07) is 10.4. The van der Waals surface area contributed by atoms with Gasteiger partial charge in [-0.25, -0.2) is 9.13 Å². The molecule has 0 bridgehead atoms. The van der Waals surface area contributed by atoms with Crippen LogP contribution in [0.5, 0.6) is 0 Å². The predicted molar refractivity (Wildman–Crippen MR) is 165 cm³/mol. The Bertz CT molecular complexity index is 1260. The van der Waals surface area contributed by atoms with Gasteiger partial charge in [0.2, 0.25) is 12.1 Å². The van der Waals surface area contributed by atoms with Gasteiger partial charge in [-0.15, -0.1) is 0 Å². The summed E-state index contributed by atoms with van der Waals surface area (Å²) in [5.41, 5.74) is 2.32. The van der Waals surface area contributed by atoms with E-state index in [0.29, 0.717) is 28.8 Å². The van der Waals surface area contributed by atoms with Gasteiger partial charge < -0.3 is 0 Å². The highest BCUT2D eigenvalue weighted by Gasteiger charge is 2.78. The van der Waals surface area contributed by atoms with E-state index in [-0.39, 0.29) is 5.78 Å². The number of carbonyl (C=O) groups excluding carboxylic acids is 1. The van der Waals surface area contributed by atoms with Crippen molar-refractivity contribution in [2.45, 2.75) is 118 Å². The molecule has 0 aliphatic heterocycles. The van der Waals surface area contributed by atoms with Gasteiger partial charge in [-0.1, -0.05) is 84.2 Å². The third kappa shape index (κ3) is 4.25. The third-order valence-corrected chi connectivity index (χ3v) is 14.3. The number of hydrogen-bond acceptors (Lipinski definition) is 1. The molecule has 0 radical (unpaired) electrons. The molecule has 10 atom stereocenters. The molecule has 3 heteroatoms. The summed E-state index contributed by atoms with van der Waals surface area (Å²) in [4.78, 5) is 13.0. The van der Waals surface area contributed by atoms with Gasteiger partial charge in [0.1, 0.15) is 18.4 Å². The molecular weight excluding hydrogens is 500 g/mol. The highest BCUT2D eigenvalue weighted by atomic mass is 16.1. The molecule has 5 saturated carbocycles. The number of rotatable bonds is 9. The average Bonchev–Trinajstić information content (AvgIpc) is 3.19. The SMILES string of the molecule is CC(C)CCC[C@@H](C)[C@H]1CC[C@H]2[C@@H]3C[C@H](n4cc[n+](CC(=O)c5ccccc5)c4)[C@]45C[C@H]4CC[C@]5(C)[C@H]3CC[C@]12C. The molecule has 1 aromatic carbocycles. The molecule has 41 heavy (non-hydrogen) atoms. The van der Waals surface area contributed by atoms with Gasteiger partial charge in [0, 0.05) is 11.0 Å². The number of aromatic nitrogens is 2. The molecule has 0 N–H and O–H groups in total. The molecule has 5 aliphatic carbocycles. The molecule has 3 nitrogen and oxygen atoms in total. The second-order valence-corrected chi connectivity index (χ2v) is 16.4. The standard InChI is InChI=1S/C38H55N2O/c1-26(2)10-9-11-27(3)31-14-15-32-30-22-35(40-21-20-39(25-40)24-34(41)28-12-7-6-8-13-28)38-23-29(38)16-19-37(38,5)33(30)17-18-36(31,32)4/h6-8,12-13,20-21,25-27,29-33,35H,9-11,14-19,22-24H2,1-5H3/q+1/t27-,29-,30+,31-,32+,33+,35+,36-,37-,38+/m1/s1. The predicted octanol–water partition coefficient (Wildman–Crippen LogP) is 8.93. The normalized spacial score (nSPS) is 41.4. The first kappa shape index (κ1) is 27.9. The van der Waals surface area contributed by atoms with Gasteiger partial charge in [0.05, 0.1) is 0 Å². The summed E-state index contributed by atoms with van der Waals surface area (Å²) in [5.74, 6) is 6.42. The Morgan fingerprint density at radius 1 is 1.00 bits per heavy atom. The van der Waals surface area contributed by atoms with Gasteiger partial charge in [-0.3, -0.25) is 4.79 Å². The molecule has 7 rings (SSSR count). The van der Waals surface area contributed by atoms with Crippen molar-refractivity contribution in [2.24, 2.45) is 57.7 Å². The van der Waals surface area contributed by atoms with Gasteiger partial charge in [0.15, 0.2) is 6.54 Å². The molecule has 5 aliphatic rings. The van der Waals surface area contributed by atoms with Gasteiger partial charge in [0.25, 0.3) is 0 Å². The monoisotopic (exact) mass is 555 g/mol. The summed E-state index contributed by atoms with van der Waals surface area (Å²) in [7, 11) is 0. The lowest BCUT2D eigenvalue weighted by atomic mass is 9.44. The summed E-state index contributed by atoms with van der Waals surface area (Å²) < 4.78 is 4.74. The van der Waals surface area contributed by atoms with Crippen molar-refractivity contribution in [1.29, 1.82) is 0 Å². The number of ketones is 1. The second-order valence-electron chi connectivity index (χ2n) is 16.4. The van der Waals surface area contributed by atoms with Gasteiger partial charge in [-0.05, 0) is 104 Å². The first-order chi connectivity index (χ1) is 19.7. The number of nitrogens with zero attached hydrogens (tertiary/aromatic N) is 2. The van der Waals surface area contributed by atoms with E-state index in [1.807, 2.05) is 30.3 Å². The average molecular weight is 556 g/mol. The molecule has 1 aromatic heterocycles. The maximum Gasteiger partial charge on any atom is 0.244 e. The van der Waals surface area contributed by atoms with E-state index in [9.17, 15) is 4.79 Å². The van der Waals surface area contributed by atoms with E-state index in [0.717, 1.165) is 47.0 Å². The lowest BCUT2D eigenvalue weighted by molar-refractivity contribution is -0.682. The number of hydrogen-bond donors (Lipinski definition) is 0. The summed E-state index contributed by atoms with van der Waals surface area (Å²) in [5, 5.41) is 0. The number of Topliss-reactive ketones (excluding diaryl/α,β-unsaturated/α-hetero) is 1. The molecular formula is C38H55N2O+. The van der Waals surface area contributed by atoms with Crippen LogP contribution < -0.4 is 4.57 Å². The van der Waals surface area contributed by atoms with Crippen molar-refractivity contribution >= 4 is 5.78 Å². The van der Waals surface area contributed by atoms with E-state index >= 15 is 0 Å². The molecule has 0 unspecified atom stereocenters. The van der Waals surface area contributed by atoms with Crippen LogP contribution >= 0.6 is 0 Å². The van der Waals surface area contributed by atoms with Crippen LogP contribution in [0.15, 0.2) is 49.1 Å². The van der Waals surface area contributed by atoms with Crippen LogP contribution in [-0.2, 0) is 6.54 Å². The first-order valence-electron chi connectivity index (χ1n) is 17.3. The lowest BCUT2D eigenvalue weighted by Gasteiger charge is -2.60. The van der Waals surface area contributed by atoms with E-state index in [1.165, 1.54) is 70.6 Å². The topological polar surface area (TPSA) is 25.9 Å². The Kier molecular flexibility index (Phi) is 6.87. The van der Waals surface area contributed by atoms with Crippen LogP contribution in [-0.4, -0.2) is 10.4 Å². The maximum absolute atomic E-state index is 13.0. The Morgan fingerprint density at radius 2 is 1.80 bits per heavy atom. The molecule has 2 aromatic rings. The molecule has 1 heterocycles. The lowest BCUT2D eigenvalue weighted by Crippen LogP contribution is -2.55. The minimum Gasteiger partial charge on any atom is -0.290 e. The van der Waals surface area contributed by atoms with E-state index in [2.05, 4.69) is 62.5 Å². The van der Waals surface area contributed by atoms with Crippen molar-refractivity contribution < 1.29 is 9.36 Å². The zero-order chi connectivity index (χ0) is 28.6. The Balaban J connectivity index is 1.14. The summed E-state index contributed by atoms with van der Waals surface area (Å²) in [6.45, 7) is 13.3. The van der Waals surface area contributed by atoms with Crippen molar-refractivity contribution in [3.63, 3.8) is 0 Å². The highest BCUT2D eigenvalue weighted by molar-refractivity contribution is 5.94. The Hall–Kier alpha value is -1.90. The van der Waals surface area contributed by atoms with Crippen LogP contribution in [0.3, 0.4) is 0 Å². The van der Waals surface area contributed by atoms with Crippen LogP contribution in [0.1, 0.15) is 122 Å². The van der Waals surface area contributed by atoms with E-state index in [4.69, 9.17) is 0 Å². The Labute approximate surface area is 249 Å². The maximum atomic E-state index is 13.0. The van der Waals surface area contributed by atoms with Crippen molar-refractivity contribution in [3.05, 3.63) is 54.6 Å². The van der Waals surface area contributed by atoms with Crippen LogP contribution in [0.2, 0.25) is 0 Å². The quantitative estimate of drug-likeness (QED) is 0.224. The minimum atomic E-state index is 0.202. The number of fused-ring (bicyclic) bond motifs is 4. The molecule has 1 spiro atoms. The van der Waals surface area contributed by atoms with Crippen LogP contribution in [0.4, 0.5) is 0 Å². The van der Waals surface area contributed by atoms with Crippen LogP contribution in [0, 0.1) is 57.7 Å². The second kappa shape index (κ2) is 10.1. The number of benzene rings is 1. The molecule has 0 saturated heterocycles. The fraction of sp³-hybridized carbons (Fsp3) is 0.737. The van der Waals surface area contributed by atoms with Gasteiger partial charge in [-0.2, -0.15) is 0 Å². The largest absolute Gasteiger partial charge is 0.290 e. The molecule has 222 valence electrons. The third-order valence-electron chi connectivity index (χ3n) is 14.3. The zero-order valence-corrected chi connectivity index (χ0v) is 26.5. The highest BCUT2D eigenvalue weighted by Crippen LogP contribution is 2.84. The zero-order valence-electron chi connectivity index (χ0n) is 26.5. The first-order valence-corrected chi connectivity index (χ1v) is 17.3. The Morgan fingerprint density at radius 3 is 2.56 bits per heavy atom. The smallest absolute Gasteiger partial charge is 0.244 e. The van der Waals surface area contributed by atoms with E-state index < -0.39 is 0 Å². The van der Waals surface area contributed by atoms with Gasteiger partial charge >= 0.3 is 0 Å². The fourth-order valence-corrected chi connectivity index (χ4v) is 12.3. The minimum absolute atomic E-state index is 0.202. The fourth-order valence-electron chi connectivity index (χ4n) is 12.3.